The molecular weight excluding hydrogens is 368 g/mol. The molecule has 7 heteroatoms. The summed E-state index contributed by atoms with van der Waals surface area (Å²) in [6.07, 6.45) is 3.67. The van der Waals surface area contributed by atoms with E-state index < -0.39 is 0 Å². The maximum atomic E-state index is 13.2. The molecule has 0 saturated carbocycles. The van der Waals surface area contributed by atoms with E-state index in [-0.39, 0.29) is 5.91 Å². The van der Waals surface area contributed by atoms with E-state index in [4.69, 9.17) is 9.47 Å². The minimum absolute atomic E-state index is 0.0261. The number of carbonyl (C=O) groups is 1. The highest BCUT2D eigenvalue weighted by Crippen LogP contribution is 2.36. The predicted molar refractivity (Wildman–Crippen MR) is 112 cm³/mol. The van der Waals surface area contributed by atoms with Gasteiger partial charge in [0.25, 0.3) is 5.91 Å². The van der Waals surface area contributed by atoms with Gasteiger partial charge in [-0.15, -0.1) is 0 Å². The molecule has 1 aliphatic rings. The molecule has 1 saturated heterocycles. The van der Waals surface area contributed by atoms with E-state index >= 15 is 0 Å². The molecular formula is C22H24N4O3. The van der Waals surface area contributed by atoms with Gasteiger partial charge in [0.2, 0.25) is 0 Å². The molecule has 29 heavy (non-hydrogen) atoms. The maximum absolute atomic E-state index is 13.2. The number of anilines is 2. The van der Waals surface area contributed by atoms with Crippen LogP contribution in [-0.4, -0.2) is 48.1 Å². The minimum atomic E-state index is -0.0261. The molecule has 0 aliphatic carbocycles. The third-order valence-electron chi connectivity index (χ3n) is 5.16. The highest BCUT2D eigenvalue weighted by molar-refractivity contribution is 6.07. The first-order valence-electron chi connectivity index (χ1n) is 9.65. The number of rotatable bonds is 5. The number of methoxy groups -OCH3 is 2. The number of nitrogens with one attached hydrogen (secondary N) is 1. The van der Waals surface area contributed by atoms with Gasteiger partial charge in [-0.2, -0.15) is 0 Å². The SMILES string of the molecule is COc1ccc(OC)c(Nc2c(C(=O)N3CCCC3)cnc3nc(C)ccc23)c1. The van der Waals surface area contributed by atoms with Gasteiger partial charge in [-0.05, 0) is 44.0 Å². The summed E-state index contributed by atoms with van der Waals surface area (Å²) < 4.78 is 10.9. The number of amides is 1. The maximum Gasteiger partial charge on any atom is 0.257 e. The topological polar surface area (TPSA) is 76.6 Å². The number of aromatic nitrogens is 2. The van der Waals surface area contributed by atoms with Crippen LogP contribution in [0.2, 0.25) is 0 Å². The van der Waals surface area contributed by atoms with Crippen molar-refractivity contribution in [2.75, 3.05) is 32.6 Å². The van der Waals surface area contributed by atoms with Crippen LogP contribution in [-0.2, 0) is 0 Å². The Hall–Kier alpha value is -3.35. The van der Waals surface area contributed by atoms with Crippen molar-refractivity contribution in [1.82, 2.24) is 14.9 Å². The van der Waals surface area contributed by atoms with Crippen LogP contribution >= 0.6 is 0 Å². The van der Waals surface area contributed by atoms with Crippen LogP contribution in [0.15, 0.2) is 36.5 Å². The van der Waals surface area contributed by atoms with E-state index in [9.17, 15) is 4.79 Å². The second-order valence-electron chi connectivity index (χ2n) is 7.06. The summed E-state index contributed by atoms with van der Waals surface area (Å²) in [4.78, 5) is 24.1. The van der Waals surface area contributed by atoms with Gasteiger partial charge >= 0.3 is 0 Å². The normalized spacial score (nSPS) is 13.6. The van der Waals surface area contributed by atoms with Crippen LogP contribution in [0.4, 0.5) is 11.4 Å². The summed E-state index contributed by atoms with van der Waals surface area (Å²) in [5.41, 5.74) is 3.36. The second-order valence-corrected chi connectivity index (χ2v) is 7.06. The largest absolute Gasteiger partial charge is 0.497 e. The number of fused-ring (bicyclic) bond motifs is 1. The van der Waals surface area contributed by atoms with E-state index in [1.54, 1.807) is 20.4 Å². The zero-order valence-corrected chi connectivity index (χ0v) is 16.9. The molecule has 1 N–H and O–H groups in total. The minimum Gasteiger partial charge on any atom is -0.497 e. The van der Waals surface area contributed by atoms with Crippen LogP contribution in [0.1, 0.15) is 28.9 Å². The molecule has 0 unspecified atom stereocenters. The van der Waals surface area contributed by atoms with Crippen molar-refractivity contribution in [1.29, 1.82) is 0 Å². The Kier molecular flexibility index (Phi) is 5.20. The van der Waals surface area contributed by atoms with Crippen LogP contribution in [0.25, 0.3) is 11.0 Å². The average Bonchev–Trinajstić information content (AvgIpc) is 3.28. The van der Waals surface area contributed by atoms with Crippen LogP contribution < -0.4 is 14.8 Å². The van der Waals surface area contributed by atoms with Crippen molar-refractivity contribution in [3.8, 4) is 11.5 Å². The molecule has 0 bridgehead atoms. The van der Waals surface area contributed by atoms with Gasteiger partial charge in [-0.3, -0.25) is 4.79 Å². The molecule has 1 fully saturated rings. The highest BCUT2D eigenvalue weighted by atomic mass is 16.5. The molecule has 3 aromatic rings. The van der Waals surface area contributed by atoms with E-state index in [0.717, 1.165) is 37.0 Å². The summed E-state index contributed by atoms with van der Waals surface area (Å²) in [6, 6.07) is 9.37. The number of carbonyl (C=O) groups excluding carboxylic acids is 1. The summed E-state index contributed by atoms with van der Waals surface area (Å²) >= 11 is 0. The monoisotopic (exact) mass is 392 g/mol. The molecule has 0 spiro atoms. The summed E-state index contributed by atoms with van der Waals surface area (Å²) in [7, 11) is 3.22. The Labute approximate surface area is 169 Å². The number of hydrogen-bond acceptors (Lipinski definition) is 6. The number of aryl methyl sites for hydroxylation is 1. The molecule has 0 atom stereocenters. The zero-order chi connectivity index (χ0) is 20.4. The molecule has 150 valence electrons. The molecule has 4 rings (SSSR count). The standard InChI is InChI=1S/C22H24N4O3/c1-14-6-8-16-20(25-18-12-15(28-2)7-9-19(18)29-3)17(13-23-21(16)24-14)22(27)26-10-4-5-11-26/h6-9,12-13H,4-5,10-11H2,1-3H3,(H,23,24,25). The predicted octanol–water partition coefficient (Wildman–Crippen LogP) is 3.94. The van der Waals surface area contributed by atoms with E-state index in [1.165, 1.54) is 0 Å². The van der Waals surface area contributed by atoms with Crippen molar-refractivity contribution in [2.24, 2.45) is 0 Å². The Balaban J connectivity index is 1.86. The Morgan fingerprint density at radius 3 is 2.62 bits per heavy atom. The van der Waals surface area contributed by atoms with Crippen molar-refractivity contribution in [2.45, 2.75) is 19.8 Å². The van der Waals surface area contributed by atoms with Crippen LogP contribution in [0, 0.1) is 6.92 Å². The number of benzene rings is 1. The fourth-order valence-corrected chi connectivity index (χ4v) is 3.61. The summed E-state index contributed by atoms with van der Waals surface area (Å²) in [6.45, 7) is 3.46. The van der Waals surface area contributed by atoms with Crippen LogP contribution in [0.5, 0.6) is 11.5 Å². The van der Waals surface area contributed by atoms with E-state index in [1.807, 2.05) is 42.2 Å². The molecule has 0 radical (unpaired) electrons. The number of nitrogens with zero attached hydrogens (tertiary/aromatic N) is 3. The fraction of sp³-hybridized carbons (Fsp3) is 0.318. The average molecular weight is 392 g/mol. The van der Waals surface area contributed by atoms with Gasteiger partial charge in [0, 0.05) is 36.4 Å². The number of likely N-dealkylation sites (tertiary alicyclic amines) is 1. The highest BCUT2D eigenvalue weighted by Gasteiger charge is 2.24. The lowest BCUT2D eigenvalue weighted by atomic mass is 10.1. The lowest BCUT2D eigenvalue weighted by Crippen LogP contribution is -2.28. The summed E-state index contributed by atoms with van der Waals surface area (Å²) in [5, 5.41) is 4.18. The second kappa shape index (κ2) is 7.95. The number of hydrogen-bond donors (Lipinski definition) is 1. The van der Waals surface area contributed by atoms with Gasteiger partial charge in [-0.1, -0.05) is 0 Å². The van der Waals surface area contributed by atoms with E-state index in [2.05, 4.69) is 15.3 Å². The van der Waals surface area contributed by atoms with Gasteiger partial charge in [0.15, 0.2) is 5.65 Å². The third-order valence-corrected chi connectivity index (χ3v) is 5.16. The molecule has 1 amide bonds. The summed E-state index contributed by atoms with van der Waals surface area (Å²) in [5.74, 6) is 1.31. The van der Waals surface area contributed by atoms with Crippen molar-refractivity contribution in [3.05, 3.63) is 47.8 Å². The van der Waals surface area contributed by atoms with Gasteiger partial charge in [-0.25, -0.2) is 9.97 Å². The van der Waals surface area contributed by atoms with Gasteiger partial charge in [0.05, 0.1) is 31.2 Å². The number of ether oxygens (including phenoxy) is 2. The lowest BCUT2D eigenvalue weighted by molar-refractivity contribution is 0.0793. The molecule has 3 heterocycles. The zero-order valence-electron chi connectivity index (χ0n) is 16.9. The first kappa shape index (κ1) is 19.0. The first-order chi connectivity index (χ1) is 14.1. The Morgan fingerprint density at radius 1 is 1.10 bits per heavy atom. The molecule has 1 aliphatic heterocycles. The third kappa shape index (κ3) is 3.68. The van der Waals surface area contributed by atoms with Gasteiger partial charge in [0.1, 0.15) is 11.5 Å². The van der Waals surface area contributed by atoms with Crippen LogP contribution in [0.3, 0.4) is 0 Å². The Bertz CT molecular complexity index is 1060. The smallest absolute Gasteiger partial charge is 0.257 e. The lowest BCUT2D eigenvalue weighted by Gasteiger charge is -2.20. The first-order valence-corrected chi connectivity index (χ1v) is 9.65. The van der Waals surface area contributed by atoms with Crippen molar-refractivity contribution >= 4 is 28.3 Å². The number of pyridine rings is 2. The Morgan fingerprint density at radius 2 is 1.90 bits per heavy atom. The van der Waals surface area contributed by atoms with Gasteiger partial charge < -0.3 is 19.7 Å². The molecule has 2 aromatic heterocycles. The fourth-order valence-electron chi connectivity index (χ4n) is 3.61. The molecule has 7 nitrogen and oxygen atoms in total. The quantitative estimate of drug-likeness (QED) is 0.709. The van der Waals surface area contributed by atoms with Crippen molar-refractivity contribution in [3.63, 3.8) is 0 Å². The van der Waals surface area contributed by atoms with Crippen molar-refractivity contribution < 1.29 is 14.3 Å². The molecule has 1 aromatic carbocycles. The van der Waals surface area contributed by atoms with E-state index in [0.29, 0.717) is 34.1 Å².